The number of aliphatic hydroxyl groups excluding tert-OH is 2. The maximum atomic E-state index is 13.8. The first-order valence-electron chi connectivity index (χ1n) is 11.0. The number of benzene rings is 1. The average molecular weight is 480 g/mol. The molecule has 1 aromatic heterocycles. The van der Waals surface area contributed by atoms with Gasteiger partial charge in [0.15, 0.2) is 11.4 Å². The Bertz CT molecular complexity index is 1370. The summed E-state index contributed by atoms with van der Waals surface area (Å²) in [5.41, 5.74) is 3.75. The van der Waals surface area contributed by atoms with Gasteiger partial charge in [0.25, 0.3) is 5.91 Å². The van der Waals surface area contributed by atoms with Crippen molar-refractivity contribution < 1.29 is 39.2 Å². The first-order chi connectivity index (χ1) is 16.5. The van der Waals surface area contributed by atoms with Crippen LogP contribution in [-0.4, -0.2) is 57.6 Å². The number of aliphatic hydroxyl groups is 3. The number of carbonyl (C=O) groups is 3. The number of ketones is 2. The van der Waals surface area contributed by atoms with Crippen LogP contribution in [0.2, 0.25) is 0 Å². The lowest BCUT2D eigenvalue weighted by Gasteiger charge is -2.46. The first kappa shape index (κ1) is 22.7. The van der Waals surface area contributed by atoms with Crippen molar-refractivity contribution in [3.8, 4) is 16.9 Å². The van der Waals surface area contributed by atoms with Crippen molar-refractivity contribution in [2.24, 2.45) is 17.6 Å². The standard InChI is InChI=1S/C25H24N2O8/c1-27(2)15-8-13(10-3-4-35-9-10)20(29)18-14(15)6-11-5-12-7-16(28)19(24(26)33)23(32)25(12,34)22(31)17(11)21(18)30/h3-4,8-9,11-12,28-29,31,34H,5-7H2,1-2H3,(H2,26,33)/t11-,12+,25+/m1/s1. The van der Waals surface area contributed by atoms with Crippen LogP contribution in [0.4, 0.5) is 5.69 Å². The molecular weight excluding hydrogens is 456 g/mol. The van der Waals surface area contributed by atoms with Crippen LogP contribution in [0.3, 0.4) is 0 Å². The number of hydrogen-bond donors (Lipinski definition) is 5. The fourth-order valence-electron chi connectivity index (χ4n) is 5.70. The minimum Gasteiger partial charge on any atom is -0.511 e. The number of nitrogens with zero attached hydrogens (tertiary/aromatic N) is 1. The van der Waals surface area contributed by atoms with Crippen molar-refractivity contribution in [1.82, 2.24) is 0 Å². The van der Waals surface area contributed by atoms with E-state index in [1.807, 2.05) is 0 Å². The molecule has 0 saturated heterocycles. The molecule has 182 valence electrons. The van der Waals surface area contributed by atoms with E-state index in [1.165, 1.54) is 12.5 Å². The predicted octanol–water partition coefficient (Wildman–Crippen LogP) is 1.91. The number of fused-ring (bicyclic) bond motifs is 3. The number of hydrogen-bond acceptors (Lipinski definition) is 9. The number of amides is 1. The van der Waals surface area contributed by atoms with E-state index < -0.39 is 52.0 Å². The van der Waals surface area contributed by atoms with Crippen LogP contribution in [0.15, 0.2) is 51.7 Å². The van der Waals surface area contributed by atoms with E-state index in [-0.39, 0.29) is 36.1 Å². The summed E-state index contributed by atoms with van der Waals surface area (Å²) in [5.74, 6) is -6.49. The van der Waals surface area contributed by atoms with Gasteiger partial charge in [-0.25, -0.2) is 0 Å². The Kier molecular flexibility index (Phi) is 4.85. The van der Waals surface area contributed by atoms with Gasteiger partial charge in [0, 0.05) is 48.8 Å². The highest BCUT2D eigenvalue weighted by Crippen LogP contribution is 2.53. The highest BCUT2D eigenvalue weighted by Gasteiger charge is 2.59. The van der Waals surface area contributed by atoms with Gasteiger partial charge in [-0.1, -0.05) is 0 Å². The highest BCUT2D eigenvalue weighted by atomic mass is 16.3. The maximum absolute atomic E-state index is 13.8. The third kappa shape index (κ3) is 2.96. The third-order valence-corrected chi connectivity index (χ3v) is 7.35. The van der Waals surface area contributed by atoms with E-state index in [9.17, 15) is 34.8 Å². The second-order valence-corrected chi connectivity index (χ2v) is 9.46. The Hall–Kier alpha value is -4.05. The quantitative estimate of drug-likeness (QED) is 0.411. The monoisotopic (exact) mass is 480 g/mol. The first-order valence-corrected chi connectivity index (χ1v) is 11.0. The molecule has 10 nitrogen and oxygen atoms in total. The SMILES string of the molecule is CN(C)c1cc(-c2ccoc2)c(O)c2c1C[C@H]1C[C@H]3CC(O)=C(C(N)=O)C(=O)[C@@]3(O)C(O)=C1C2=O. The van der Waals surface area contributed by atoms with Gasteiger partial charge in [0.1, 0.15) is 22.8 Å². The summed E-state index contributed by atoms with van der Waals surface area (Å²) in [7, 11) is 3.60. The summed E-state index contributed by atoms with van der Waals surface area (Å²) in [4.78, 5) is 40.4. The van der Waals surface area contributed by atoms with Gasteiger partial charge in [-0.05, 0) is 36.5 Å². The molecule has 3 atom stereocenters. The number of phenols is 1. The Morgan fingerprint density at radius 2 is 1.91 bits per heavy atom. The summed E-state index contributed by atoms with van der Waals surface area (Å²) >= 11 is 0. The van der Waals surface area contributed by atoms with Crippen LogP contribution in [0, 0.1) is 11.8 Å². The number of phenolic OH excluding ortho intramolecular Hbond substituents is 1. The van der Waals surface area contributed by atoms with E-state index in [1.54, 1.807) is 31.1 Å². The minimum atomic E-state index is -2.59. The molecule has 2 aromatic rings. The molecule has 35 heavy (non-hydrogen) atoms. The Labute approximate surface area is 199 Å². The molecule has 1 aromatic carbocycles. The van der Waals surface area contributed by atoms with Gasteiger partial charge >= 0.3 is 0 Å². The summed E-state index contributed by atoms with van der Waals surface area (Å²) in [6.45, 7) is 0. The number of aromatic hydroxyl groups is 1. The second-order valence-electron chi connectivity index (χ2n) is 9.46. The number of Topliss-reactive ketones (excluding diaryl/α,β-unsaturated/α-hetero) is 2. The molecule has 1 amide bonds. The van der Waals surface area contributed by atoms with Crippen LogP contribution in [0.25, 0.3) is 11.1 Å². The minimum absolute atomic E-state index is 0.0379. The molecule has 5 rings (SSSR count). The average Bonchev–Trinajstić information content (AvgIpc) is 3.30. The topological polar surface area (TPSA) is 175 Å². The second kappa shape index (κ2) is 7.47. The molecule has 0 spiro atoms. The van der Waals surface area contributed by atoms with Crippen molar-refractivity contribution in [1.29, 1.82) is 0 Å². The van der Waals surface area contributed by atoms with E-state index in [2.05, 4.69) is 0 Å². The molecule has 6 N–H and O–H groups in total. The molecular formula is C25H24N2O8. The molecule has 3 aliphatic rings. The predicted molar refractivity (Wildman–Crippen MR) is 123 cm³/mol. The number of nitrogens with two attached hydrogens (primary N) is 1. The molecule has 10 heteroatoms. The zero-order valence-electron chi connectivity index (χ0n) is 19.0. The van der Waals surface area contributed by atoms with Crippen LogP contribution >= 0.6 is 0 Å². The molecule has 0 bridgehead atoms. The van der Waals surface area contributed by atoms with Crippen LogP contribution in [0.1, 0.15) is 28.8 Å². The molecule has 0 radical (unpaired) electrons. The number of furan rings is 1. The fourth-order valence-corrected chi connectivity index (χ4v) is 5.70. The normalized spacial score (nSPS) is 25.8. The van der Waals surface area contributed by atoms with Crippen LogP contribution < -0.4 is 10.6 Å². The fraction of sp³-hybridized carbons (Fsp3) is 0.320. The lowest BCUT2D eigenvalue weighted by molar-refractivity contribution is -0.144. The highest BCUT2D eigenvalue weighted by molar-refractivity contribution is 6.24. The zero-order chi connectivity index (χ0) is 25.4. The largest absolute Gasteiger partial charge is 0.511 e. The maximum Gasteiger partial charge on any atom is 0.255 e. The Balaban J connectivity index is 1.73. The van der Waals surface area contributed by atoms with Crippen molar-refractivity contribution >= 4 is 23.2 Å². The van der Waals surface area contributed by atoms with Gasteiger partial charge in [-0.3, -0.25) is 14.4 Å². The van der Waals surface area contributed by atoms with Crippen molar-refractivity contribution in [2.45, 2.75) is 24.9 Å². The molecule has 0 unspecified atom stereocenters. The van der Waals surface area contributed by atoms with Crippen molar-refractivity contribution in [3.63, 3.8) is 0 Å². The molecule has 0 fully saturated rings. The van der Waals surface area contributed by atoms with Crippen molar-refractivity contribution in [2.75, 3.05) is 19.0 Å². The van der Waals surface area contributed by atoms with E-state index in [0.717, 1.165) is 0 Å². The van der Waals surface area contributed by atoms with E-state index >= 15 is 0 Å². The zero-order valence-corrected chi connectivity index (χ0v) is 19.0. The molecule has 0 saturated carbocycles. The lowest BCUT2D eigenvalue weighted by Crippen LogP contribution is -2.57. The van der Waals surface area contributed by atoms with Crippen LogP contribution in [0.5, 0.6) is 5.75 Å². The Morgan fingerprint density at radius 3 is 2.51 bits per heavy atom. The Morgan fingerprint density at radius 1 is 1.20 bits per heavy atom. The lowest BCUT2D eigenvalue weighted by atomic mass is 9.60. The van der Waals surface area contributed by atoms with Gasteiger partial charge in [0.05, 0.1) is 18.1 Å². The van der Waals surface area contributed by atoms with Crippen LogP contribution in [-0.2, 0) is 16.0 Å². The summed E-state index contributed by atoms with van der Waals surface area (Å²) in [6, 6.07) is 3.38. The number of primary amides is 1. The number of rotatable bonds is 3. The molecule has 0 aliphatic heterocycles. The van der Waals surface area contributed by atoms with Gasteiger partial charge in [0.2, 0.25) is 5.78 Å². The summed E-state index contributed by atoms with van der Waals surface area (Å²) in [5, 5.41) is 43.9. The third-order valence-electron chi connectivity index (χ3n) is 7.35. The molecule has 1 heterocycles. The van der Waals surface area contributed by atoms with E-state index in [4.69, 9.17) is 10.2 Å². The number of carbonyl (C=O) groups excluding carboxylic acids is 3. The smallest absolute Gasteiger partial charge is 0.255 e. The van der Waals surface area contributed by atoms with Crippen molar-refractivity contribution in [3.05, 3.63) is 58.5 Å². The summed E-state index contributed by atoms with van der Waals surface area (Å²) in [6.07, 6.45) is 2.91. The number of anilines is 1. The van der Waals surface area contributed by atoms with E-state index in [0.29, 0.717) is 22.4 Å². The number of allylic oxidation sites excluding steroid dienone is 2. The summed E-state index contributed by atoms with van der Waals surface area (Å²) < 4.78 is 5.13. The molecule has 3 aliphatic carbocycles. The van der Waals surface area contributed by atoms with Gasteiger partial charge in [-0.2, -0.15) is 0 Å². The van der Waals surface area contributed by atoms with Gasteiger partial charge in [-0.15, -0.1) is 0 Å². The van der Waals surface area contributed by atoms with Gasteiger partial charge < -0.3 is 35.5 Å².